The monoisotopic (exact) mass is 862 g/mol. The van der Waals surface area contributed by atoms with Gasteiger partial charge < -0.3 is 30.2 Å². The van der Waals surface area contributed by atoms with Crippen LogP contribution in [0.1, 0.15) is 55.5 Å². The Kier molecular flexibility index (Phi) is 12.6. The second kappa shape index (κ2) is 18.0. The number of benzene rings is 5. The average molecular weight is 864 g/mol. The first-order valence-corrected chi connectivity index (χ1v) is 20.6. The number of hydrogen-bond acceptors (Lipinski definition) is 8. The number of halogens is 2. The van der Waals surface area contributed by atoms with Crippen LogP contribution in [0, 0.1) is 0 Å². The number of carboxylic acids is 2. The topological polar surface area (TPSA) is 148 Å². The van der Waals surface area contributed by atoms with Crippen molar-refractivity contribution in [2.45, 2.75) is 24.8 Å². The van der Waals surface area contributed by atoms with Gasteiger partial charge in [0.15, 0.2) is 5.13 Å². The Bertz CT molecular complexity index is 2720. The second-order valence-corrected chi connectivity index (χ2v) is 16.7. The zero-order valence-corrected chi connectivity index (χ0v) is 35.5. The highest BCUT2D eigenvalue weighted by atomic mass is 35.5. The molecule has 14 heteroatoms. The van der Waals surface area contributed by atoms with Gasteiger partial charge in [0.1, 0.15) is 31.5 Å². The minimum atomic E-state index is -1.24. The Labute approximate surface area is 360 Å². The molecule has 0 unspecified atom stereocenters. The zero-order valence-electron chi connectivity index (χ0n) is 33.2. The van der Waals surface area contributed by atoms with Crippen LogP contribution in [0.15, 0.2) is 114 Å². The summed E-state index contributed by atoms with van der Waals surface area (Å²) >= 11 is 13.8. The van der Waals surface area contributed by atoms with E-state index in [1.54, 1.807) is 6.07 Å². The number of aromatic carboxylic acids is 1. The fourth-order valence-corrected chi connectivity index (χ4v) is 8.38. The molecular weight excluding hydrogens is 822 g/mol. The van der Waals surface area contributed by atoms with E-state index >= 15 is 0 Å². The van der Waals surface area contributed by atoms with Crippen LogP contribution in [0.4, 0.5) is 10.8 Å². The molecule has 1 aromatic heterocycles. The van der Waals surface area contributed by atoms with Crippen molar-refractivity contribution in [2.75, 3.05) is 45.0 Å². The molecule has 0 bridgehead atoms. The van der Waals surface area contributed by atoms with Gasteiger partial charge in [-0.15, -0.1) is 11.3 Å². The average Bonchev–Trinajstić information content (AvgIpc) is 3.69. The van der Waals surface area contributed by atoms with Crippen molar-refractivity contribution < 1.29 is 29.0 Å². The fourth-order valence-electron chi connectivity index (χ4n) is 7.13. The molecule has 2 aliphatic rings. The van der Waals surface area contributed by atoms with Crippen molar-refractivity contribution >= 4 is 74.2 Å². The van der Waals surface area contributed by atoms with Crippen LogP contribution in [-0.2, 0) is 4.79 Å². The normalized spacial score (nSPS) is 11.8. The lowest BCUT2D eigenvalue weighted by Gasteiger charge is -2.19. The summed E-state index contributed by atoms with van der Waals surface area (Å²) in [5, 5.41) is 30.0. The Morgan fingerprint density at radius 2 is 1.52 bits per heavy atom. The number of fused-ring (bicyclic) bond motifs is 2. The SMILES string of the molecule is CN(C)c1ccc2c(-c3ccc(C(=O)N[C@@H](CCCNc4ncc(C(c5ccc(Cl)cc5)c5ccc(Cl)cc5)s4)C(=O)O)cc3C(=O)O)c3ccc(=[N+](C)C)cc-3oc2c1. The van der Waals surface area contributed by atoms with Crippen LogP contribution in [0.3, 0.4) is 0 Å². The molecule has 7 rings (SSSR count). The molecule has 1 aliphatic heterocycles. The summed E-state index contributed by atoms with van der Waals surface area (Å²) in [6, 6.07) is 30.0. The van der Waals surface area contributed by atoms with E-state index in [2.05, 4.69) is 15.6 Å². The first-order chi connectivity index (χ1) is 28.8. The maximum absolute atomic E-state index is 13.6. The molecule has 2 heterocycles. The number of carbonyl (C=O) groups excluding carboxylic acids is 1. The van der Waals surface area contributed by atoms with Gasteiger partial charge in [-0.1, -0.05) is 53.5 Å². The number of nitrogens with zero attached hydrogens (tertiary/aromatic N) is 3. The van der Waals surface area contributed by atoms with Crippen molar-refractivity contribution in [3.05, 3.63) is 152 Å². The highest BCUT2D eigenvalue weighted by molar-refractivity contribution is 7.15. The third-order valence-electron chi connectivity index (χ3n) is 10.3. The first kappa shape index (κ1) is 41.9. The Balaban J connectivity index is 1.08. The van der Waals surface area contributed by atoms with Crippen LogP contribution in [0.25, 0.3) is 33.4 Å². The highest BCUT2D eigenvalue weighted by Crippen LogP contribution is 2.42. The maximum atomic E-state index is 13.6. The summed E-state index contributed by atoms with van der Waals surface area (Å²) in [6.07, 6.45) is 2.33. The lowest BCUT2D eigenvalue weighted by Crippen LogP contribution is -2.41. The molecule has 306 valence electrons. The predicted octanol–water partition coefficient (Wildman–Crippen LogP) is 9.02. The molecule has 0 saturated carbocycles. The molecule has 5 aromatic rings. The van der Waals surface area contributed by atoms with Crippen molar-refractivity contribution in [3.8, 4) is 22.5 Å². The van der Waals surface area contributed by atoms with Gasteiger partial charge >= 0.3 is 11.9 Å². The molecular formula is C46H42Cl2N5O6S+. The minimum Gasteiger partial charge on any atom is -0.480 e. The van der Waals surface area contributed by atoms with Crippen LogP contribution in [-0.4, -0.2) is 73.8 Å². The number of aliphatic carboxylic acids is 1. The number of carbonyl (C=O) groups is 3. The number of carboxylic acid groups (broad SMARTS) is 2. The van der Waals surface area contributed by atoms with Crippen LogP contribution < -0.4 is 25.5 Å². The van der Waals surface area contributed by atoms with E-state index in [-0.39, 0.29) is 23.5 Å². The smallest absolute Gasteiger partial charge is 0.336 e. The minimum absolute atomic E-state index is 0.0192. The summed E-state index contributed by atoms with van der Waals surface area (Å²) in [6.45, 7) is 0.397. The fraction of sp³-hybridized carbons (Fsp3) is 0.196. The van der Waals surface area contributed by atoms with E-state index in [1.165, 1.54) is 23.5 Å². The quantitative estimate of drug-likeness (QED) is 0.0478. The molecule has 0 saturated heterocycles. The molecule has 60 heavy (non-hydrogen) atoms. The molecule has 0 fully saturated rings. The van der Waals surface area contributed by atoms with Gasteiger partial charge in [-0.05, 0) is 84.1 Å². The van der Waals surface area contributed by atoms with E-state index < -0.39 is 23.9 Å². The molecule has 1 aliphatic carbocycles. The van der Waals surface area contributed by atoms with E-state index in [9.17, 15) is 24.6 Å². The third kappa shape index (κ3) is 9.16. The summed E-state index contributed by atoms with van der Waals surface area (Å²) in [4.78, 5) is 46.3. The Morgan fingerprint density at radius 3 is 2.13 bits per heavy atom. The number of aromatic nitrogens is 1. The standard InChI is InChI=1S/C46H41Cl2N5O6S/c1-52(2)31-16-19-34-38(23-31)59-39-24-32(53(3)4)17-20-35(39)42(34)33-18-11-28(22-36(33)44(55)56)43(54)51-37(45(57)58)6-5-21-49-46-50-25-40(60-46)41(26-7-12-29(47)13-8-26)27-9-14-30(48)15-10-27/h7-20,22-25,37,41H,5-6,21H2,1-4H3,(H3-,49,50,51,54,55,56,57,58)/p+1/t37-/m0/s1. The number of anilines is 2. The van der Waals surface area contributed by atoms with E-state index in [0.717, 1.165) is 27.0 Å². The van der Waals surface area contributed by atoms with Gasteiger partial charge in [0, 0.05) is 87.6 Å². The molecule has 11 nitrogen and oxygen atoms in total. The lowest BCUT2D eigenvalue weighted by molar-refractivity contribution is -0.139. The summed E-state index contributed by atoms with van der Waals surface area (Å²) < 4.78 is 8.35. The molecule has 4 aromatic carbocycles. The largest absolute Gasteiger partial charge is 0.480 e. The molecule has 4 N–H and O–H groups in total. The number of rotatable bonds is 14. The Hall–Kier alpha value is -6.21. The predicted molar refractivity (Wildman–Crippen MR) is 239 cm³/mol. The Morgan fingerprint density at radius 1 is 0.850 bits per heavy atom. The van der Waals surface area contributed by atoms with Gasteiger partial charge in [0.2, 0.25) is 5.36 Å². The number of thiazole rings is 1. The van der Waals surface area contributed by atoms with E-state index in [0.29, 0.717) is 61.6 Å². The molecule has 1 amide bonds. The number of amides is 1. The van der Waals surface area contributed by atoms with Crippen molar-refractivity contribution in [1.82, 2.24) is 14.9 Å². The number of hydrogen-bond donors (Lipinski definition) is 4. The van der Waals surface area contributed by atoms with Gasteiger partial charge in [-0.2, -0.15) is 0 Å². The zero-order chi connectivity index (χ0) is 42.7. The van der Waals surface area contributed by atoms with Crippen molar-refractivity contribution in [3.63, 3.8) is 0 Å². The van der Waals surface area contributed by atoms with Gasteiger partial charge in [0.25, 0.3) is 5.91 Å². The molecule has 1 atom stereocenters. The molecule has 0 spiro atoms. The second-order valence-electron chi connectivity index (χ2n) is 14.7. The van der Waals surface area contributed by atoms with Gasteiger partial charge in [-0.3, -0.25) is 4.79 Å². The molecule has 0 radical (unpaired) electrons. The number of nitrogens with one attached hydrogen (secondary N) is 2. The first-order valence-electron chi connectivity index (χ1n) is 19.1. The lowest BCUT2D eigenvalue weighted by atomic mass is 9.89. The van der Waals surface area contributed by atoms with Crippen molar-refractivity contribution in [1.29, 1.82) is 0 Å². The summed E-state index contributed by atoms with van der Waals surface area (Å²) in [7, 11) is 7.69. The van der Waals surface area contributed by atoms with Gasteiger partial charge in [-0.25, -0.2) is 19.1 Å². The van der Waals surface area contributed by atoms with Gasteiger partial charge in [0.05, 0.1) is 11.6 Å². The van der Waals surface area contributed by atoms with E-state index in [4.69, 9.17) is 27.6 Å². The van der Waals surface area contributed by atoms with Crippen LogP contribution >= 0.6 is 34.5 Å². The van der Waals surface area contributed by atoms with Crippen molar-refractivity contribution in [2.24, 2.45) is 0 Å². The summed E-state index contributed by atoms with van der Waals surface area (Å²) in [5.41, 5.74) is 5.17. The maximum Gasteiger partial charge on any atom is 0.336 e. The van der Waals surface area contributed by atoms with Crippen LogP contribution in [0.2, 0.25) is 10.0 Å². The van der Waals surface area contributed by atoms with Crippen LogP contribution in [0.5, 0.6) is 0 Å². The third-order valence-corrected chi connectivity index (χ3v) is 11.8. The van der Waals surface area contributed by atoms with E-state index in [1.807, 2.05) is 129 Å². The highest BCUT2D eigenvalue weighted by Gasteiger charge is 2.26. The summed E-state index contributed by atoms with van der Waals surface area (Å²) in [5.74, 6) is -2.69.